The molecule has 0 bridgehead atoms. The molecule has 394 valence electrons. The van der Waals surface area contributed by atoms with E-state index in [1.54, 1.807) is 24.3 Å². The Bertz CT molecular complexity index is 4340. The van der Waals surface area contributed by atoms with Gasteiger partial charge in [-0.2, -0.15) is 13.2 Å². The van der Waals surface area contributed by atoms with Gasteiger partial charge in [0.2, 0.25) is 0 Å². The lowest BCUT2D eigenvalue weighted by molar-refractivity contribution is -0.137. The Labute approximate surface area is 467 Å². The molecule has 0 aliphatic carbocycles. The summed E-state index contributed by atoms with van der Waals surface area (Å²) in [7, 11) is 0. The SMILES string of the molecule is [C-]#[N+]c1cccc(-c2ccc(-n3c4ccc(-c5c(C)cc(C)cc5C)cc4c4cc(-c5c(C)cc(C)cc5C)ccc43)c(C(F)(F)F)c2-n2c3ccc(-c4c(C)cc(C)cc4C)cc3c3cc(-c4c(C)cc(C)cc4C)ccc32)c1. The van der Waals surface area contributed by atoms with Crippen LogP contribution in [0.1, 0.15) is 72.3 Å². The van der Waals surface area contributed by atoms with Crippen LogP contribution in [0.15, 0.2) is 158 Å². The summed E-state index contributed by atoms with van der Waals surface area (Å²) in [4.78, 5) is 3.77. The molecule has 0 aliphatic heterocycles. The van der Waals surface area contributed by atoms with Crippen molar-refractivity contribution in [2.75, 3.05) is 0 Å². The van der Waals surface area contributed by atoms with Crippen LogP contribution in [0.2, 0.25) is 0 Å². The highest BCUT2D eigenvalue weighted by Gasteiger charge is 2.41. The third-order valence-corrected chi connectivity index (χ3v) is 16.6. The van der Waals surface area contributed by atoms with E-state index in [1.807, 2.05) is 45.5 Å². The Morgan fingerprint density at radius 3 is 0.988 bits per heavy atom. The molecule has 0 fully saturated rings. The molecular formula is C74H62F3N3. The van der Waals surface area contributed by atoms with Gasteiger partial charge in [-0.25, -0.2) is 4.85 Å². The maximum atomic E-state index is 17.5. The summed E-state index contributed by atoms with van der Waals surface area (Å²) in [5.41, 5.74) is 25.2. The predicted molar refractivity (Wildman–Crippen MR) is 330 cm³/mol. The van der Waals surface area contributed by atoms with Crippen molar-refractivity contribution in [1.29, 1.82) is 0 Å². The number of benzene rings is 10. The molecular weight excluding hydrogens is 988 g/mol. The number of hydrogen-bond acceptors (Lipinski definition) is 0. The maximum Gasteiger partial charge on any atom is 0.420 e. The van der Waals surface area contributed by atoms with Crippen molar-refractivity contribution in [1.82, 2.24) is 9.13 Å². The summed E-state index contributed by atoms with van der Waals surface area (Å²) in [5.74, 6) is 0. The largest absolute Gasteiger partial charge is 0.420 e. The van der Waals surface area contributed by atoms with Crippen molar-refractivity contribution >= 4 is 49.3 Å². The second-order valence-corrected chi connectivity index (χ2v) is 22.7. The average Bonchev–Trinajstić information content (AvgIpc) is 2.75. The number of halogens is 3. The zero-order chi connectivity index (χ0) is 56.4. The van der Waals surface area contributed by atoms with Gasteiger partial charge in [0.25, 0.3) is 0 Å². The molecule has 2 heterocycles. The second-order valence-electron chi connectivity index (χ2n) is 22.7. The van der Waals surface area contributed by atoms with Crippen LogP contribution in [0.5, 0.6) is 0 Å². The highest BCUT2D eigenvalue weighted by Crippen LogP contribution is 2.50. The highest BCUT2D eigenvalue weighted by atomic mass is 19.4. The van der Waals surface area contributed by atoms with Crippen LogP contribution in [0.4, 0.5) is 18.9 Å². The molecule has 12 aromatic rings. The minimum atomic E-state index is -4.90. The Morgan fingerprint density at radius 1 is 0.350 bits per heavy atom. The van der Waals surface area contributed by atoms with E-state index in [0.717, 1.165) is 111 Å². The van der Waals surface area contributed by atoms with Crippen LogP contribution < -0.4 is 0 Å². The normalized spacial score (nSPS) is 11.9. The molecule has 0 unspecified atom stereocenters. The third-order valence-electron chi connectivity index (χ3n) is 16.6. The summed E-state index contributed by atoms with van der Waals surface area (Å²) < 4.78 is 56.1. The molecule has 0 saturated heterocycles. The van der Waals surface area contributed by atoms with Gasteiger partial charge in [-0.05, 0) is 238 Å². The predicted octanol–water partition coefficient (Wildman–Crippen LogP) is 21.5. The van der Waals surface area contributed by atoms with E-state index in [-0.39, 0.29) is 11.4 Å². The molecule has 2 aromatic heterocycles. The van der Waals surface area contributed by atoms with Crippen LogP contribution >= 0.6 is 0 Å². The zero-order valence-corrected chi connectivity index (χ0v) is 47.5. The third kappa shape index (κ3) is 8.50. The summed E-state index contributed by atoms with van der Waals surface area (Å²) in [6.07, 6.45) is -4.90. The molecule has 0 amide bonds. The first-order valence-corrected chi connectivity index (χ1v) is 27.4. The number of hydrogen-bond donors (Lipinski definition) is 0. The number of fused-ring (bicyclic) bond motifs is 6. The van der Waals surface area contributed by atoms with Crippen LogP contribution in [0, 0.1) is 89.7 Å². The average molecular weight is 1050 g/mol. The van der Waals surface area contributed by atoms with Crippen LogP contribution in [-0.2, 0) is 6.18 Å². The number of alkyl halides is 3. The number of nitrogens with zero attached hydrogens (tertiary/aromatic N) is 3. The summed E-state index contributed by atoms with van der Waals surface area (Å²) in [6.45, 7) is 33.5. The van der Waals surface area contributed by atoms with Gasteiger partial charge in [0.15, 0.2) is 5.69 Å². The molecule has 12 rings (SSSR count). The summed E-state index contributed by atoms with van der Waals surface area (Å²) in [5, 5.41) is 3.37. The van der Waals surface area contributed by atoms with Gasteiger partial charge in [-0.15, -0.1) is 0 Å². The topological polar surface area (TPSA) is 14.2 Å². The lowest BCUT2D eigenvalue weighted by Crippen LogP contribution is -2.16. The van der Waals surface area contributed by atoms with Crippen molar-refractivity contribution in [3.63, 3.8) is 0 Å². The van der Waals surface area contributed by atoms with Crippen LogP contribution in [-0.4, -0.2) is 9.13 Å². The Morgan fingerprint density at radius 2 is 0.675 bits per heavy atom. The monoisotopic (exact) mass is 1050 g/mol. The minimum absolute atomic E-state index is 0.00327. The Kier molecular flexibility index (Phi) is 12.4. The molecule has 0 radical (unpaired) electrons. The quantitative estimate of drug-likeness (QED) is 0.141. The van der Waals surface area contributed by atoms with E-state index < -0.39 is 11.7 Å². The van der Waals surface area contributed by atoms with Gasteiger partial charge >= 0.3 is 6.18 Å². The molecule has 0 atom stereocenters. The standard InChI is InChI=1S/C74H62F3N3/c1-40-27-44(5)68(45(6)28-40)53-17-22-63-59(36-53)60-37-54(69-46(7)29-41(2)30-47(69)8)18-23-64(60)79(63)67-26-21-58(52-15-14-16-57(35-52)78-13)73(72(67)74(75,76)77)80-65-24-19-55(70-48(9)31-42(3)32-49(70)10)38-61(65)62-39-56(20-25-66(62)80)71-50(11)33-43(4)34-51(71)12/h14-39H,1-12H3. The highest BCUT2D eigenvalue weighted by molar-refractivity contribution is 6.14. The fourth-order valence-electron chi connectivity index (χ4n) is 14.0. The first-order valence-electron chi connectivity index (χ1n) is 27.4. The van der Waals surface area contributed by atoms with Gasteiger partial charge in [0.05, 0.1) is 40.0 Å². The molecule has 0 aliphatic rings. The lowest BCUT2D eigenvalue weighted by Gasteiger charge is -2.24. The molecule has 10 aromatic carbocycles. The number of rotatable bonds is 7. The van der Waals surface area contributed by atoms with E-state index >= 15 is 13.2 Å². The first-order chi connectivity index (χ1) is 38.2. The zero-order valence-electron chi connectivity index (χ0n) is 47.5. The second kappa shape index (κ2) is 19.2. The van der Waals surface area contributed by atoms with E-state index in [4.69, 9.17) is 6.57 Å². The van der Waals surface area contributed by atoms with E-state index in [0.29, 0.717) is 38.9 Å². The van der Waals surface area contributed by atoms with Gasteiger partial charge < -0.3 is 9.13 Å². The van der Waals surface area contributed by atoms with Crippen LogP contribution in [0.25, 0.3) is 115 Å². The first kappa shape index (κ1) is 51.8. The molecule has 0 saturated carbocycles. The lowest BCUT2D eigenvalue weighted by atomic mass is 9.91. The van der Waals surface area contributed by atoms with Gasteiger partial charge in [-0.1, -0.05) is 119 Å². The minimum Gasteiger partial charge on any atom is -0.309 e. The van der Waals surface area contributed by atoms with Gasteiger partial charge in [0, 0.05) is 27.1 Å². The van der Waals surface area contributed by atoms with E-state index in [9.17, 15) is 0 Å². The van der Waals surface area contributed by atoms with Crippen LogP contribution in [0.3, 0.4) is 0 Å². The molecule has 0 N–H and O–H groups in total. The Hall–Kier alpha value is -8.92. The summed E-state index contributed by atoms with van der Waals surface area (Å²) in [6, 6.07) is 52.9. The molecule has 3 nitrogen and oxygen atoms in total. The van der Waals surface area contributed by atoms with Crippen molar-refractivity contribution in [3.05, 3.63) is 241 Å². The Balaban J connectivity index is 1.23. The van der Waals surface area contributed by atoms with Gasteiger partial charge in [-0.3, -0.25) is 0 Å². The fraction of sp³-hybridized carbons (Fsp3) is 0.176. The van der Waals surface area contributed by atoms with Crippen molar-refractivity contribution in [2.45, 2.75) is 89.3 Å². The number of aryl methyl sites for hydroxylation is 12. The number of aromatic nitrogens is 2. The van der Waals surface area contributed by atoms with Crippen molar-refractivity contribution in [2.24, 2.45) is 0 Å². The fourth-order valence-corrected chi connectivity index (χ4v) is 14.0. The maximum absolute atomic E-state index is 17.5. The van der Waals surface area contributed by atoms with Crippen molar-refractivity contribution in [3.8, 4) is 67.0 Å². The molecule has 80 heavy (non-hydrogen) atoms. The molecule has 6 heteroatoms. The van der Waals surface area contributed by atoms with Crippen molar-refractivity contribution < 1.29 is 13.2 Å². The van der Waals surface area contributed by atoms with E-state index in [2.05, 4.69) is 185 Å². The molecule has 0 spiro atoms. The van der Waals surface area contributed by atoms with E-state index in [1.165, 1.54) is 22.3 Å². The van der Waals surface area contributed by atoms with Gasteiger partial charge in [0.1, 0.15) is 5.56 Å². The summed E-state index contributed by atoms with van der Waals surface area (Å²) >= 11 is 0. The smallest absolute Gasteiger partial charge is 0.309 e.